The first-order chi connectivity index (χ1) is 12.4. The molecule has 0 bridgehead atoms. The largest absolute Gasteiger partial charge is 0.450 e. The molecule has 10 heteroatoms. The van der Waals surface area contributed by atoms with Crippen LogP contribution in [0.1, 0.15) is 20.8 Å². The van der Waals surface area contributed by atoms with E-state index in [9.17, 15) is 19.2 Å². The Balaban J connectivity index is 2.41. The van der Waals surface area contributed by atoms with Gasteiger partial charge in [0.2, 0.25) is 0 Å². The number of piperazine rings is 1. The van der Waals surface area contributed by atoms with Gasteiger partial charge in [-0.25, -0.2) is 9.59 Å². The number of likely N-dealkylation sites (N-methyl/N-ethyl adjacent to an activating group) is 1. The van der Waals surface area contributed by atoms with E-state index in [2.05, 4.69) is 10.1 Å². The molecular formula is C16H29N4O6+. The number of hydrogen-bond donors (Lipinski definition) is 2. The minimum atomic E-state index is -0.783. The van der Waals surface area contributed by atoms with Crippen LogP contribution in [0, 0.1) is 0 Å². The summed E-state index contributed by atoms with van der Waals surface area (Å²) in [4.78, 5) is 51.1. The summed E-state index contributed by atoms with van der Waals surface area (Å²) in [6, 6.07) is 0. The van der Waals surface area contributed by atoms with Gasteiger partial charge in [-0.15, -0.1) is 0 Å². The first-order valence-corrected chi connectivity index (χ1v) is 8.90. The first kappa shape index (κ1) is 21.7. The molecule has 2 N–H and O–H groups in total. The minimum Gasteiger partial charge on any atom is -0.450 e. The minimum absolute atomic E-state index is 0.00381. The van der Waals surface area contributed by atoms with Crippen molar-refractivity contribution in [2.24, 2.45) is 0 Å². The van der Waals surface area contributed by atoms with E-state index in [0.29, 0.717) is 39.3 Å². The molecule has 1 unspecified atom stereocenters. The summed E-state index contributed by atoms with van der Waals surface area (Å²) in [5.41, 5.74) is 0. The number of alkyl carbamates (subject to hydrolysis) is 1. The van der Waals surface area contributed by atoms with Gasteiger partial charge < -0.3 is 24.2 Å². The Bertz CT molecular complexity index is 505. The van der Waals surface area contributed by atoms with E-state index in [1.54, 1.807) is 23.6 Å². The monoisotopic (exact) mass is 373 g/mol. The number of nitrogens with one attached hydrogen (secondary N) is 2. The number of nitrogens with zero attached hydrogens (tertiary/aromatic N) is 2. The van der Waals surface area contributed by atoms with Crippen molar-refractivity contribution < 1.29 is 33.6 Å². The van der Waals surface area contributed by atoms with Gasteiger partial charge in [0.25, 0.3) is 11.8 Å². The van der Waals surface area contributed by atoms with Gasteiger partial charge >= 0.3 is 12.2 Å². The van der Waals surface area contributed by atoms with Gasteiger partial charge in [0.05, 0.1) is 19.8 Å². The summed E-state index contributed by atoms with van der Waals surface area (Å²) in [5, 5.41) is 2.12. The average Bonchev–Trinajstić information content (AvgIpc) is 2.61. The topological polar surface area (TPSA) is 110 Å². The molecule has 10 nitrogen and oxygen atoms in total. The molecule has 1 heterocycles. The van der Waals surface area contributed by atoms with Crippen LogP contribution in [0.2, 0.25) is 0 Å². The molecule has 0 aromatic rings. The Labute approximate surface area is 153 Å². The maximum atomic E-state index is 12.4. The lowest BCUT2D eigenvalue weighted by molar-refractivity contribution is -0.882. The quantitative estimate of drug-likeness (QED) is 0.560. The normalized spacial score (nSPS) is 15.2. The van der Waals surface area contributed by atoms with Gasteiger partial charge in [-0.3, -0.25) is 14.9 Å². The summed E-state index contributed by atoms with van der Waals surface area (Å²) in [6.07, 6.45) is -1.15. The molecule has 148 valence electrons. The molecular weight excluding hydrogens is 344 g/mol. The highest BCUT2D eigenvalue weighted by Crippen LogP contribution is 2.03. The summed E-state index contributed by atoms with van der Waals surface area (Å²) >= 11 is 0. The molecule has 0 radical (unpaired) electrons. The van der Waals surface area contributed by atoms with Crippen LogP contribution in [0.5, 0.6) is 0 Å². The standard InChI is InChI=1S/C16H28N4O6/c1-4-18(11-13(21)17-15(23)25-5-2)12-14(22)19-7-9-20(10-8-19)16(24)26-6-3/h4-12H2,1-3H3,(H,17,21,23)/p+1. The van der Waals surface area contributed by atoms with Gasteiger partial charge in [0.15, 0.2) is 13.1 Å². The Morgan fingerprint density at radius 3 is 2.00 bits per heavy atom. The fourth-order valence-electron chi connectivity index (χ4n) is 2.54. The van der Waals surface area contributed by atoms with E-state index < -0.39 is 12.0 Å². The van der Waals surface area contributed by atoms with Crippen molar-refractivity contribution in [2.45, 2.75) is 20.8 Å². The fraction of sp³-hybridized carbons (Fsp3) is 0.750. The summed E-state index contributed by atoms with van der Waals surface area (Å²) in [7, 11) is 0. The van der Waals surface area contributed by atoms with E-state index in [1.807, 2.05) is 6.92 Å². The van der Waals surface area contributed by atoms with Gasteiger partial charge in [-0.1, -0.05) is 0 Å². The van der Waals surface area contributed by atoms with Crippen molar-refractivity contribution in [3.63, 3.8) is 0 Å². The number of amides is 4. The van der Waals surface area contributed by atoms with Crippen molar-refractivity contribution in [2.75, 3.05) is 59.0 Å². The molecule has 0 aliphatic carbocycles. The number of rotatable bonds is 7. The van der Waals surface area contributed by atoms with E-state index >= 15 is 0 Å². The van der Waals surface area contributed by atoms with E-state index in [-0.39, 0.29) is 31.7 Å². The molecule has 1 aliphatic heterocycles. The number of carbonyl (C=O) groups excluding carboxylic acids is 4. The SMILES string of the molecule is CCOC(=O)NC(=O)C[NH+](CC)CC(=O)N1CCN(C(=O)OCC)CC1. The highest BCUT2D eigenvalue weighted by Gasteiger charge is 2.27. The van der Waals surface area contributed by atoms with E-state index in [0.717, 1.165) is 4.90 Å². The Morgan fingerprint density at radius 1 is 0.885 bits per heavy atom. The van der Waals surface area contributed by atoms with Crippen molar-refractivity contribution >= 4 is 24.0 Å². The number of imide groups is 1. The number of ether oxygens (including phenoxy) is 2. The van der Waals surface area contributed by atoms with Crippen LogP contribution in [0.3, 0.4) is 0 Å². The third kappa shape index (κ3) is 7.26. The van der Waals surface area contributed by atoms with E-state index in [4.69, 9.17) is 4.74 Å². The molecule has 26 heavy (non-hydrogen) atoms. The van der Waals surface area contributed by atoms with Crippen LogP contribution in [-0.2, 0) is 19.1 Å². The predicted molar refractivity (Wildman–Crippen MR) is 91.6 cm³/mol. The van der Waals surface area contributed by atoms with Crippen LogP contribution in [0.25, 0.3) is 0 Å². The fourth-order valence-corrected chi connectivity index (χ4v) is 2.54. The van der Waals surface area contributed by atoms with Crippen molar-refractivity contribution in [3.05, 3.63) is 0 Å². The second-order valence-corrected chi connectivity index (χ2v) is 5.79. The highest BCUT2D eigenvalue weighted by atomic mass is 16.6. The zero-order valence-electron chi connectivity index (χ0n) is 15.7. The van der Waals surface area contributed by atoms with Gasteiger partial charge in [-0.2, -0.15) is 0 Å². The van der Waals surface area contributed by atoms with E-state index in [1.165, 1.54) is 0 Å². The molecule has 0 aromatic carbocycles. The molecule has 1 aliphatic rings. The Hall–Kier alpha value is -2.36. The highest BCUT2D eigenvalue weighted by molar-refractivity contribution is 5.92. The molecule has 1 saturated heterocycles. The maximum Gasteiger partial charge on any atom is 0.414 e. The van der Waals surface area contributed by atoms with Crippen molar-refractivity contribution in [1.29, 1.82) is 0 Å². The lowest BCUT2D eigenvalue weighted by Crippen LogP contribution is -3.14. The van der Waals surface area contributed by atoms with Gasteiger partial charge in [0.1, 0.15) is 0 Å². The molecule has 0 aromatic heterocycles. The molecule has 0 saturated carbocycles. The number of carbonyl (C=O) groups is 4. The summed E-state index contributed by atoms with van der Waals surface area (Å²) < 4.78 is 9.60. The third-order valence-corrected chi connectivity index (χ3v) is 3.99. The lowest BCUT2D eigenvalue weighted by atomic mass is 10.3. The number of quaternary nitrogens is 1. The Morgan fingerprint density at radius 2 is 1.46 bits per heavy atom. The number of hydrogen-bond acceptors (Lipinski definition) is 6. The van der Waals surface area contributed by atoms with Crippen LogP contribution >= 0.6 is 0 Å². The Kier molecular flexibility index (Phi) is 9.42. The molecule has 0 spiro atoms. The maximum absolute atomic E-state index is 12.4. The third-order valence-electron chi connectivity index (χ3n) is 3.99. The second kappa shape index (κ2) is 11.3. The smallest absolute Gasteiger partial charge is 0.414 e. The van der Waals surface area contributed by atoms with Crippen LogP contribution in [-0.4, -0.2) is 92.8 Å². The second-order valence-electron chi connectivity index (χ2n) is 5.79. The zero-order valence-corrected chi connectivity index (χ0v) is 15.7. The molecule has 1 atom stereocenters. The predicted octanol–water partition coefficient (Wildman–Crippen LogP) is -1.54. The van der Waals surface area contributed by atoms with Crippen LogP contribution < -0.4 is 10.2 Å². The van der Waals surface area contributed by atoms with Crippen molar-refractivity contribution in [1.82, 2.24) is 15.1 Å². The molecule has 1 fully saturated rings. The first-order valence-electron chi connectivity index (χ1n) is 8.90. The van der Waals surface area contributed by atoms with Gasteiger partial charge in [0, 0.05) is 26.2 Å². The van der Waals surface area contributed by atoms with Crippen molar-refractivity contribution in [3.8, 4) is 0 Å². The molecule has 4 amide bonds. The molecule has 1 rings (SSSR count). The van der Waals surface area contributed by atoms with Crippen LogP contribution in [0.4, 0.5) is 9.59 Å². The van der Waals surface area contributed by atoms with Crippen LogP contribution in [0.15, 0.2) is 0 Å². The van der Waals surface area contributed by atoms with Gasteiger partial charge in [-0.05, 0) is 20.8 Å². The zero-order chi connectivity index (χ0) is 19.5. The lowest BCUT2D eigenvalue weighted by Gasteiger charge is -2.34. The average molecular weight is 373 g/mol. The summed E-state index contributed by atoms with van der Waals surface area (Å²) in [6.45, 7) is 8.18. The summed E-state index contributed by atoms with van der Waals surface area (Å²) in [5.74, 6) is -0.575.